The van der Waals surface area contributed by atoms with E-state index in [1.807, 2.05) is 36.4 Å². The summed E-state index contributed by atoms with van der Waals surface area (Å²) in [6, 6.07) is 11.6. The van der Waals surface area contributed by atoms with Gasteiger partial charge in [0, 0.05) is 31.1 Å². The molecule has 2 heterocycles. The number of hydrogen-bond donors (Lipinski definition) is 2. The van der Waals surface area contributed by atoms with Crippen molar-refractivity contribution in [3.63, 3.8) is 0 Å². The van der Waals surface area contributed by atoms with Crippen molar-refractivity contribution < 1.29 is 14.3 Å². The number of anilines is 2. The molecule has 1 unspecified atom stereocenters. The quantitative estimate of drug-likeness (QED) is 0.786. The van der Waals surface area contributed by atoms with Crippen molar-refractivity contribution in [2.75, 3.05) is 25.6 Å². The van der Waals surface area contributed by atoms with Crippen LogP contribution in [0.1, 0.15) is 31.2 Å². The number of carbonyl (C=O) groups excluding carboxylic acids is 1. The molecule has 1 saturated heterocycles. The van der Waals surface area contributed by atoms with E-state index in [4.69, 9.17) is 9.47 Å². The molecule has 2 fully saturated rings. The zero-order valence-electron chi connectivity index (χ0n) is 15.5. The van der Waals surface area contributed by atoms with Crippen LogP contribution in [0.3, 0.4) is 0 Å². The van der Waals surface area contributed by atoms with E-state index >= 15 is 0 Å². The van der Waals surface area contributed by atoms with Gasteiger partial charge < -0.3 is 20.1 Å². The van der Waals surface area contributed by atoms with Crippen molar-refractivity contribution in [2.24, 2.45) is 0 Å². The van der Waals surface area contributed by atoms with Crippen molar-refractivity contribution in [3.05, 3.63) is 48.2 Å². The van der Waals surface area contributed by atoms with Crippen molar-refractivity contribution in [2.45, 2.75) is 37.2 Å². The Morgan fingerprint density at radius 3 is 2.96 bits per heavy atom. The van der Waals surface area contributed by atoms with Gasteiger partial charge in [-0.15, -0.1) is 0 Å². The molecule has 1 atom stereocenters. The lowest BCUT2D eigenvalue weighted by Gasteiger charge is -2.18. The van der Waals surface area contributed by atoms with Gasteiger partial charge in [0.15, 0.2) is 0 Å². The van der Waals surface area contributed by atoms with Crippen molar-refractivity contribution in [1.82, 2.24) is 10.3 Å². The molecule has 1 aromatic heterocycles. The Balaban J connectivity index is 1.45. The maximum Gasteiger partial charge on any atom is 0.230 e. The molecular weight excluding hydrogens is 342 g/mol. The number of methoxy groups -OCH3 is 1. The molecule has 1 aromatic carbocycles. The third kappa shape index (κ3) is 3.90. The molecule has 2 aliphatic rings. The second kappa shape index (κ2) is 7.56. The van der Waals surface area contributed by atoms with Gasteiger partial charge in [-0.1, -0.05) is 6.07 Å². The molecule has 1 aliphatic heterocycles. The number of rotatable bonds is 7. The maximum absolute atomic E-state index is 12.8. The largest absolute Gasteiger partial charge is 0.497 e. The third-order valence-electron chi connectivity index (χ3n) is 5.35. The summed E-state index contributed by atoms with van der Waals surface area (Å²) in [6.45, 7) is 1.40. The number of nitrogens with zero attached hydrogens (tertiary/aromatic N) is 1. The molecule has 1 aliphatic carbocycles. The first-order valence-electron chi connectivity index (χ1n) is 9.47. The van der Waals surface area contributed by atoms with E-state index in [1.54, 1.807) is 13.3 Å². The van der Waals surface area contributed by atoms with Crippen molar-refractivity contribution >= 4 is 17.4 Å². The van der Waals surface area contributed by atoms with Crippen LogP contribution in [0.4, 0.5) is 11.5 Å². The van der Waals surface area contributed by atoms with Crippen molar-refractivity contribution in [1.29, 1.82) is 0 Å². The lowest BCUT2D eigenvalue weighted by molar-refractivity contribution is -0.124. The number of pyridine rings is 1. The molecule has 2 N–H and O–H groups in total. The second-order valence-corrected chi connectivity index (χ2v) is 7.21. The van der Waals surface area contributed by atoms with E-state index in [9.17, 15) is 4.79 Å². The number of ether oxygens (including phenoxy) is 2. The molecule has 0 radical (unpaired) electrons. The average Bonchev–Trinajstić information content (AvgIpc) is 3.35. The smallest absolute Gasteiger partial charge is 0.230 e. The van der Waals surface area contributed by atoms with Gasteiger partial charge in [0.05, 0.1) is 18.6 Å². The first-order valence-corrected chi connectivity index (χ1v) is 9.47. The second-order valence-electron chi connectivity index (χ2n) is 7.21. The fourth-order valence-electron chi connectivity index (χ4n) is 3.60. The molecule has 4 rings (SSSR count). The SMILES string of the molecule is COc1cccc(Nc2cc(C3(C(=O)NCC4CCCO4)CC3)ccn2)c1. The Hall–Kier alpha value is -2.60. The summed E-state index contributed by atoms with van der Waals surface area (Å²) >= 11 is 0. The van der Waals surface area contributed by atoms with Gasteiger partial charge in [0.2, 0.25) is 5.91 Å². The molecule has 0 spiro atoms. The van der Waals surface area contributed by atoms with Crippen LogP contribution in [0.5, 0.6) is 5.75 Å². The van der Waals surface area contributed by atoms with Crippen LogP contribution >= 0.6 is 0 Å². The topological polar surface area (TPSA) is 72.5 Å². The monoisotopic (exact) mass is 367 g/mol. The van der Waals surface area contributed by atoms with Crippen LogP contribution in [0.15, 0.2) is 42.6 Å². The number of benzene rings is 1. The van der Waals surface area contributed by atoms with E-state index in [-0.39, 0.29) is 12.0 Å². The van der Waals surface area contributed by atoms with E-state index in [0.29, 0.717) is 6.54 Å². The zero-order chi connectivity index (χ0) is 18.7. The Labute approximate surface area is 159 Å². The predicted molar refractivity (Wildman–Crippen MR) is 103 cm³/mol. The molecule has 6 nitrogen and oxygen atoms in total. The summed E-state index contributed by atoms with van der Waals surface area (Å²) in [7, 11) is 1.64. The summed E-state index contributed by atoms with van der Waals surface area (Å²) < 4.78 is 10.9. The lowest BCUT2D eigenvalue weighted by Crippen LogP contribution is -2.39. The van der Waals surface area contributed by atoms with Crippen LogP contribution in [0.25, 0.3) is 0 Å². The Morgan fingerprint density at radius 1 is 1.33 bits per heavy atom. The van der Waals surface area contributed by atoms with E-state index in [1.165, 1.54) is 0 Å². The van der Waals surface area contributed by atoms with Crippen LogP contribution in [0.2, 0.25) is 0 Å². The first-order chi connectivity index (χ1) is 13.2. The van der Waals surface area contributed by atoms with Crippen LogP contribution in [-0.4, -0.2) is 37.3 Å². The van der Waals surface area contributed by atoms with Crippen LogP contribution in [0, 0.1) is 0 Å². The summed E-state index contributed by atoms with van der Waals surface area (Å²) in [5.41, 5.74) is 1.48. The van der Waals surface area contributed by atoms with Gasteiger partial charge in [0.25, 0.3) is 0 Å². The normalized spacial score (nSPS) is 20.1. The Kier molecular flexibility index (Phi) is 4.99. The highest BCUT2D eigenvalue weighted by molar-refractivity contribution is 5.91. The summed E-state index contributed by atoms with van der Waals surface area (Å²) in [5, 5.41) is 6.38. The number of hydrogen-bond acceptors (Lipinski definition) is 5. The molecule has 1 amide bonds. The van der Waals surface area contributed by atoms with Gasteiger partial charge >= 0.3 is 0 Å². The van der Waals surface area contributed by atoms with E-state index in [0.717, 1.165) is 55.1 Å². The van der Waals surface area contributed by atoms with Gasteiger partial charge in [0.1, 0.15) is 11.6 Å². The van der Waals surface area contributed by atoms with E-state index < -0.39 is 5.41 Å². The Bertz CT molecular complexity index is 814. The minimum Gasteiger partial charge on any atom is -0.497 e. The van der Waals surface area contributed by atoms with E-state index in [2.05, 4.69) is 15.6 Å². The van der Waals surface area contributed by atoms with Crippen molar-refractivity contribution in [3.8, 4) is 5.75 Å². The summed E-state index contributed by atoms with van der Waals surface area (Å²) in [4.78, 5) is 17.2. The highest BCUT2D eigenvalue weighted by Gasteiger charge is 2.51. The fraction of sp³-hybridized carbons (Fsp3) is 0.429. The van der Waals surface area contributed by atoms with Gasteiger partial charge in [-0.05, 0) is 55.5 Å². The third-order valence-corrected chi connectivity index (χ3v) is 5.35. The van der Waals surface area contributed by atoms with Crippen LogP contribution in [-0.2, 0) is 14.9 Å². The molecule has 0 bridgehead atoms. The van der Waals surface area contributed by atoms with Crippen LogP contribution < -0.4 is 15.4 Å². The number of nitrogens with one attached hydrogen (secondary N) is 2. The predicted octanol–water partition coefficient (Wildman–Crippen LogP) is 3.16. The highest BCUT2D eigenvalue weighted by Crippen LogP contribution is 2.48. The van der Waals surface area contributed by atoms with Gasteiger partial charge in [-0.3, -0.25) is 4.79 Å². The number of aromatic nitrogens is 1. The highest BCUT2D eigenvalue weighted by atomic mass is 16.5. The molecule has 142 valence electrons. The first kappa shape index (κ1) is 17.8. The van der Waals surface area contributed by atoms with Gasteiger partial charge in [-0.2, -0.15) is 0 Å². The molecule has 2 aromatic rings. The lowest BCUT2D eigenvalue weighted by atomic mass is 9.95. The zero-order valence-corrected chi connectivity index (χ0v) is 15.5. The molecule has 27 heavy (non-hydrogen) atoms. The summed E-state index contributed by atoms with van der Waals surface area (Å²) in [6.07, 6.45) is 5.75. The molecule has 1 saturated carbocycles. The van der Waals surface area contributed by atoms with Gasteiger partial charge in [-0.25, -0.2) is 4.98 Å². The Morgan fingerprint density at radius 2 is 2.22 bits per heavy atom. The number of amides is 1. The number of carbonyl (C=O) groups is 1. The summed E-state index contributed by atoms with van der Waals surface area (Å²) in [5.74, 6) is 1.60. The average molecular weight is 367 g/mol. The molecular formula is C21H25N3O3. The maximum atomic E-state index is 12.8. The minimum absolute atomic E-state index is 0.0940. The fourth-order valence-corrected chi connectivity index (χ4v) is 3.60. The minimum atomic E-state index is -0.424. The molecule has 6 heteroatoms. The standard InChI is InChI=1S/C21H25N3O3/c1-26-17-5-2-4-16(13-17)24-19-12-15(7-10-22-19)21(8-9-21)20(25)23-14-18-6-3-11-27-18/h2,4-5,7,10,12-13,18H,3,6,8-9,11,14H2,1H3,(H,22,24)(H,23,25).